The number of carbonyl (C=O) groups excluding carboxylic acids is 2. The molecule has 1 aliphatic heterocycles. The van der Waals surface area contributed by atoms with Crippen LogP contribution >= 0.6 is 11.8 Å². The molecule has 1 heterocycles. The summed E-state index contributed by atoms with van der Waals surface area (Å²) in [6.45, 7) is 0.0716. The van der Waals surface area contributed by atoms with Gasteiger partial charge in [-0.3, -0.25) is 0 Å². The Kier molecular flexibility index (Phi) is 5.73. The van der Waals surface area contributed by atoms with Gasteiger partial charge >= 0.3 is 11.9 Å². The van der Waals surface area contributed by atoms with Gasteiger partial charge in [-0.15, -0.1) is 11.8 Å². The van der Waals surface area contributed by atoms with Gasteiger partial charge < -0.3 is 14.6 Å². The van der Waals surface area contributed by atoms with Crippen molar-refractivity contribution in [3.05, 3.63) is 71.8 Å². The summed E-state index contributed by atoms with van der Waals surface area (Å²) in [7, 11) is 0. The molecule has 2 aromatic rings. The number of aliphatic hydroxyl groups is 1. The molecule has 1 fully saturated rings. The topological polar surface area (TPSA) is 72.8 Å². The van der Waals surface area contributed by atoms with Gasteiger partial charge in [0.15, 0.2) is 0 Å². The molecule has 5 nitrogen and oxygen atoms in total. The SMILES string of the molecule is O=C(OC[C@H]1SC(O)C[C@H]1OC(=O)c1ccccc1)c1ccccc1. The molecule has 0 radical (unpaired) electrons. The van der Waals surface area contributed by atoms with Gasteiger partial charge in [-0.1, -0.05) is 36.4 Å². The largest absolute Gasteiger partial charge is 0.461 e. The zero-order valence-electron chi connectivity index (χ0n) is 13.4. The number of carbonyl (C=O) groups is 2. The van der Waals surface area contributed by atoms with E-state index in [1.165, 1.54) is 11.8 Å². The van der Waals surface area contributed by atoms with Gasteiger partial charge in [-0.2, -0.15) is 0 Å². The van der Waals surface area contributed by atoms with E-state index in [0.29, 0.717) is 17.5 Å². The first kappa shape index (κ1) is 17.5. The monoisotopic (exact) mass is 358 g/mol. The first-order valence-electron chi connectivity index (χ1n) is 7.95. The average Bonchev–Trinajstić information content (AvgIpc) is 3.00. The summed E-state index contributed by atoms with van der Waals surface area (Å²) in [6.07, 6.45) is -0.187. The molecular formula is C19H18O5S. The smallest absolute Gasteiger partial charge is 0.338 e. The number of esters is 2. The maximum atomic E-state index is 12.2. The van der Waals surface area contributed by atoms with Gasteiger partial charge in [-0.25, -0.2) is 9.59 Å². The highest BCUT2D eigenvalue weighted by atomic mass is 32.2. The fourth-order valence-electron chi connectivity index (χ4n) is 2.56. The Hall–Kier alpha value is -2.31. The van der Waals surface area contributed by atoms with Crippen LogP contribution in [0.4, 0.5) is 0 Å². The predicted molar refractivity (Wildman–Crippen MR) is 94.4 cm³/mol. The lowest BCUT2D eigenvalue weighted by atomic mass is 10.2. The van der Waals surface area contributed by atoms with Crippen molar-refractivity contribution in [2.75, 3.05) is 6.61 Å². The molecule has 1 saturated heterocycles. The highest BCUT2D eigenvalue weighted by molar-refractivity contribution is 8.00. The maximum Gasteiger partial charge on any atom is 0.338 e. The summed E-state index contributed by atoms with van der Waals surface area (Å²) in [4.78, 5) is 24.2. The van der Waals surface area contributed by atoms with E-state index in [2.05, 4.69) is 0 Å². The summed E-state index contributed by atoms with van der Waals surface area (Å²) in [5, 5.41) is 9.57. The second kappa shape index (κ2) is 8.18. The number of ether oxygens (including phenoxy) is 2. The molecule has 1 unspecified atom stereocenters. The van der Waals surface area contributed by atoms with E-state index in [0.717, 1.165) is 0 Å². The molecule has 1 aliphatic rings. The lowest BCUT2D eigenvalue weighted by Crippen LogP contribution is -2.29. The molecule has 3 atom stereocenters. The summed E-state index contributed by atoms with van der Waals surface area (Å²) >= 11 is 1.25. The van der Waals surface area contributed by atoms with E-state index in [9.17, 15) is 14.7 Å². The Morgan fingerprint density at radius 3 is 2.12 bits per heavy atom. The van der Waals surface area contributed by atoms with E-state index < -0.39 is 23.5 Å². The molecule has 0 amide bonds. The molecule has 1 N–H and O–H groups in total. The van der Waals surface area contributed by atoms with Gasteiger partial charge in [0.25, 0.3) is 0 Å². The minimum atomic E-state index is -0.644. The third-order valence-electron chi connectivity index (χ3n) is 3.84. The Morgan fingerprint density at radius 1 is 0.960 bits per heavy atom. The van der Waals surface area contributed by atoms with E-state index >= 15 is 0 Å². The van der Waals surface area contributed by atoms with Crippen molar-refractivity contribution in [3.63, 3.8) is 0 Å². The van der Waals surface area contributed by atoms with Crippen molar-refractivity contribution >= 4 is 23.7 Å². The van der Waals surface area contributed by atoms with E-state index in [-0.39, 0.29) is 11.9 Å². The third-order valence-corrected chi connectivity index (χ3v) is 5.13. The molecule has 3 rings (SSSR count). The normalized spacial score (nSPS) is 22.4. The van der Waals surface area contributed by atoms with Crippen LogP contribution in [0, 0.1) is 0 Å². The van der Waals surface area contributed by atoms with Crippen LogP contribution in [0.1, 0.15) is 27.1 Å². The predicted octanol–water partition coefficient (Wildman–Crippen LogP) is 2.89. The summed E-state index contributed by atoms with van der Waals surface area (Å²) in [5.41, 5.74) is 0.270. The lowest BCUT2D eigenvalue weighted by Gasteiger charge is -2.19. The standard InChI is InChI=1S/C19H18O5S/c20-17-11-15(24-19(22)14-9-5-2-6-10-14)16(25-17)12-23-18(21)13-7-3-1-4-8-13/h1-10,15-17,20H,11-12H2/t15-,16-,17?/m1/s1. The fourth-order valence-corrected chi connectivity index (χ4v) is 3.75. The molecule has 0 bridgehead atoms. The Morgan fingerprint density at radius 2 is 1.52 bits per heavy atom. The van der Waals surface area contributed by atoms with Crippen LogP contribution in [0.3, 0.4) is 0 Å². The minimum Gasteiger partial charge on any atom is -0.461 e. The number of hydrogen-bond acceptors (Lipinski definition) is 6. The number of rotatable bonds is 5. The van der Waals surface area contributed by atoms with Crippen molar-refractivity contribution in [1.82, 2.24) is 0 Å². The summed E-state index contributed by atoms with van der Waals surface area (Å²) in [6, 6.07) is 17.4. The molecule has 6 heteroatoms. The highest BCUT2D eigenvalue weighted by Gasteiger charge is 2.38. The van der Waals surface area contributed by atoms with Crippen LogP contribution in [0.15, 0.2) is 60.7 Å². The zero-order chi connectivity index (χ0) is 17.6. The first-order valence-corrected chi connectivity index (χ1v) is 8.89. The minimum absolute atomic E-state index is 0.0716. The summed E-state index contributed by atoms with van der Waals surface area (Å²) < 4.78 is 10.8. The van der Waals surface area contributed by atoms with Gasteiger partial charge in [0, 0.05) is 6.42 Å². The number of benzene rings is 2. The lowest BCUT2D eigenvalue weighted by molar-refractivity contribution is 0.0178. The van der Waals surface area contributed by atoms with Crippen LogP contribution in [-0.2, 0) is 9.47 Å². The van der Waals surface area contributed by atoms with Crippen molar-refractivity contribution in [3.8, 4) is 0 Å². The zero-order valence-corrected chi connectivity index (χ0v) is 14.2. The maximum absolute atomic E-state index is 12.2. The molecular weight excluding hydrogens is 340 g/mol. The molecule has 25 heavy (non-hydrogen) atoms. The molecule has 2 aromatic carbocycles. The van der Waals surface area contributed by atoms with Gasteiger partial charge in [0.2, 0.25) is 0 Å². The number of thioether (sulfide) groups is 1. The fraction of sp³-hybridized carbons (Fsp3) is 0.263. The van der Waals surface area contributed by atoms with Crippen molar-refractivity contribution in [1.29, 1.82) is 0 Å². The van der Waals surface area contributed by atoms with E-state index in [1.54, 1.807) is 48.5 Å². The van der Waals surface area contributed by atoms with Gasteiger partial charge in [0.05, 0.1) is 16.4 Å². The van der Waals surface area contributed by atoms with E-state index in [1.807, 2.05) is 12.1 Å². The first-order chi connectivity index (χ1) is 12.1. The molecule has 130 valence electrons. The number of aliphatic hydroxyl groups excluding tert-OH is 1. The molecule has 0 spiro atoms. The highest BCUT2D eigenvalue weighted by Crippen LogP contribution is 2.35. The Balaban J connectivity index is 1.58. The average molecular weight is 358 g/mol. The van der Waals surface area contributed by atoms with E-state index in [4.69, 9.17) is 9.47 Å². The van der Waals surface area contributed by atoms with Crippen LogP contribution in [-0.4, -0.2) is 40.4 Å². The van der Waals surface area contributed by atoms with Crippen molar-refractivity contribution in [2.24, 2.45) is 0 Å². The third kappa shape index (κ3) is 4.61. The van der Waals surface area contributed by atoms with Crippen LogP contribution in [0.2, 0.25) is 0 Å². The van der Waals surface area contributed by atoms with Crippen molar-refractivity contribution in [2.45, 2.75) is 23.2 Å². The van der Waals surface area contributed by atoms with Gasteiger partial charge in [-0.05, 0) is 24.3 Å². The molecule has 0 aliphatic carbocycles. The Bertz CT molecular complexity index is 719. The van der Waals surface area contributed by atoms with Gasteiger partial charge in [0.1, 0.15) is 18.1 Å². The Labute approximate surface area is 150 Å². The van der Waals surface area contributed by atoms with Crippen LogP contribution in [0.5, 0.6) is 0 Å². The second-order valence-corrected chi connectivity index (χ2v) is 7.06. The molecule has 0 saturated carbocycles. The quantitative estimate of drug-likeness (QED) is 0.829. The van der Waals surface area contributed by atoms with Crippen LogP contribution < -0.4 is 0 Å². The van der Waals surface area contributed by atoms with Crippen molar-refractivity contribution < 1.29 is 24.2 Å². The number of hydrogen-bond donors (Lipinski definition) is 1. The molecule has 0 aromatic heterocycles. The summed E-state index contributed by atoms with van der Waals surface area (Å²) in [5.74, 6) is -0.879. The second-order valence-electron chi connectivity index (χ2n) is 5.64. The van der Waals surface area contributed by atoms with Crippen LogP contribution in [0.25, 0.3) is 0 Å².